The van der Waals surface area contributed by atoms with Gasteiger partial charge in [0.25, 0.3) is 0 Å². The first-order valence-corrected chi connectivity index (χ1v) is 22.7. The Hall–Kier alpha value is -2.57. The Morgan fingerprint density at radius 2 is 1.10 bits per heavy atom. The van der Waals surface area contributed by atoms with Crippen LogP contribution < -0.4 is 5.32 Å². The first kappa shape index (κ1) is 54.6. The number of hydrogen-bond donors (Lipinski definition) is 9. The van der Waals surface area contributed by atoms with Crippen molar-refractivity contribution in [3.8, 4) is 0 Å². The van der Waals surface area contributed by atoms with Crippen LogP contribution in [0.4, 0.5) is 0 Å². The summed E-state index contributed by atoms with van der Waals surface area (Å²) in [6, 6.07) is -0.943. The lowest BCUT2D eigenvalue weighted by Crippen LogP contribution is -2.65. The predicted molar refractivity (Wildman–Crippen MR) is 235 cm³/mol. The van der Waals surface area contributed by atoms with Crippen molar-refractivity contribution < 1.29 is 64.6 Å². The molecular formula is C47H79NO13. The van der Waals surface area contributed by atoms with Gasteiger partial charge in [0, 0.05) is 6.42 Å². The second kappa shape index (κ2) is 33.9. The van der Waals surface area contributed by atoms with Gasteiger partial charge in [-0.1, -0.05) is 119 Å². The summed E-state index contributed by atoms with van der Waals surface area (Å²) in [5.41, 5.74) is 0. The summed E-state index contributed by atoms with van der Waals surface area (Å²) >= 11 is 0. The Morgan fingerprint density at radius 1 is 0.590 bits per heavy atom. The lowest BCUT2D eigenvalue weighted by atomic mass is 9.97. The first-order chi connectivity index (χ1) is 29.6. The number of aliphatic hydroxyl groups is 8. The zero-order valence-corrected chi connectivity index (χ0v) is 36.6. The number of amides is 1. The molecule has 14 heteroatoms. The van der Waals surface area contributed by atoms with E-state index in [9.17, 15) is 45.6 Å². The van der Waals surface area contributed by atoms with Crippen LogP contribution in [0.5, 0.6) is 0 Å². The molecular weight excluding hydrogens is 787 g/mol. The zero-order valence-electron chi connectivity index (χ0n) is 36.6. The normalized spacial score (nSPS) is 28.7. The summed E-state index contributed by atoms with van der Waals surface area (Å²) < 4.78 is 22.6. The molecule has 0 aliphatic carbocycles. The van der Waals surface area contributed by atoms with Crippen molar-refractivity contribution in [3.05, 3.63) is 72.9 Å². The molecule has 0 aromatic carbocycles. The molecule has 0 aromatic rings. The number of rotatable bonds is 32. The van der Waals surface area contributed by atoms with Gasteiger partial charge in [-0.2, -0.15) is 0 Å². The van der Waals surface area contributed by atoms with Crippen LogP contribution >= 0.6 is 0 Å². The van der Waals surface area contributed by atoms with E-state index in [0.29, 0.717) is 12.8 Å². The SMILES string of the molecule is CC/C=C\C/C=C\C/C=C\CCCCCCCCCC(=O)NC(COC1OC(CO)C(OC2OC(CO)C(O)C(O)C2O)C(O)C1O)C(O)/C=C/CC/C=C/CC/C=C/CC. The van der Waals surface area contributed by atoms with E-state index in [1.54, 1.807) is 6.08 Å². The minimum Gasteiger partial charge on any atom is -0.394 e. The average Bonchev–Trinajstić information content (AvgIpc) is 3.26. The molecule has 61 heavy (non-hydrogen) atoms. The molecule has 350 valence electrons. The van der Waals surface area contributed by atoms with E-state index in [0.717, 1.165) is 83.5 Å². The molecule has 0 spiro atoms. The highest BCUT2D eigenvalue weighted by atomic mass is 16.7. The molecule has 1 amide bonds. The summed E-state index contributed by atoms with van der Waals surface area (Å²) in [7, 11) is 0. The molecule has 0 aromatic heterocycles. The maximum absolute atomic E-state index is 13.1. The Labute approximate surface area is 364 Å². The van der Waals surface area contributed by atoms with Crippen LogP contribution in [0.2, 0.25) is 0 Å². The van der Waals surface area contributed by atoms with Gasteiger partial charge in [0.2, 0.25) is 5.91 Å². The molecule has 2 rings (SSSR count). The fraction of sp³-hybridized carbons (Fsp3) is 0.723. The molecule has 12 unspecified atom stereocenters. The van der Waals surface area contributed by atoms with E-state index >= 15 is 0 Å². The van der Waals surface area contributed by atoms with Crippen LogP contribution in [-0.4, -0.2) is 140 Å². The second-order valence-corrected chi connectivity index (χ2v) is 15.7. The molecule has 0 saturated carbocycles. The number of aliphatic hydroxyl groups excluding tert-OH is 8. The lowest BCUT2D eigenvalue weighted by Gasteiger charge is -2.46. The molecule has 9 N–H and O–H groups in total. The number of hydrogen-bond acceptors (Lipinski definition) is 13. The van der Waals surface area contributed by atoms with Crippen molar-refractivity contribution in [2.75, 3.05) is 19.8 Å². The highest BCUT2D eigenvalue weighted by Gasteiger charge is 2.50. The largest absolute Gasteiger partial charge is 0.394 e. The van der Waals surface area contributed by atoms with Gasteiger partial charge in [0.1, 0.15) is 48.8 Å². The van der Waals surface area contributed by atoms with Crippen molar-refractivity contribution in [2.45, 2.75) is 197 Å². The number of unbranched alkanes of at least 4 members (excludes halogenated alkanes) is 9. The number of carbonyl (C=O) groups excluding carboxylic acids is 1. The topological polar surface area (TPSA) is 228 Å². The van der Waals surface area contributed by atoms with Crippen LogP contribution in [0.1, 0.15) is 123 Å². The second-order valence-electron chi connectivity index (χ2n) is 15.7. The van der Waals surface area contributed by atoms with E-state index in [2.05, 4.69) is 79.9 Å². The van der Waals surface area contributed by atoms with Gasteiger partial charge < -0.3 is 65.1 Å². The van der Waals surface area contributed by atoms with Crippen molar-refractivity contribution in [1.29, 1.82) is 0 Å². The molecule has 2 aliphatic heterocycles. The van der Waals surface area contributed by atoms with E-state index in [4.69, 9.17) is 18.9 Å². The van der Waals surface area contributed by atoms with Crippen LogP contribution in [-0.2, 0) is 23.7 Å². The van der Waals surface area contributed by atoms with Gasteiger partial charge >= 0.3 is 0 Å². The third kappa shape index (κ3) is 22.1. The van der Waals surface area contributed by atoms with E-state index in [1.165, 1.54) is 6.42 Å². The third-order valence-corrected chi connectivity index (χ3v) is 10.6. The van der Waals surface area contributed by atoms with Gasteiger partial charge in [0.15, 0.2) is 12.6 Å². The van der Waals surface area contributed by atoms with Crippen LogP contribution in [0.15, 0.2) is 72.9 Å². The minimum atomic E-state index is -1.79. The number of ether oxygens (including phenoxy) is 4. The maximum atomic E-state index is 13.1. The fourth-order valence-corrected chi connectivity index (χ4v) is 6.93. The van der Waals surface area contributed by atoms with Crippen molar-refractivity contribution in [3.63, 3.8) is 0 Å². The highest BCUT2D eigenvalue weighted by molar-refractivity contribution is 5.76. The van der Waals surface area contributed by atoms with Crippen molar-refractivity contribution in [2.24, 2.45) is 0 Å². The molecule has 12 atom stereocenters. The van der Waals surface area contributed by atoms with Gasteiger partial charge in [-0.3, -0.25) is 4.79 Å². The van der Waals surface area contributed by atoms with Crippen LogP contribution in [0, 0.1) is 0 Å². The van der Waals surface area contributed by atoms with Crippen LogP contribution in [0.25, 0.3) is 0 Å². The fourth-order valence-electron chi connectivity index (χ4n) is 6.93. The smallest absolute Gasteiger partial charge is 0.220 e. The molecule has 0 bridgehead atoms. The van der Waals surface area contributed by atoms with E-state index in [-0.39, 0.29) is 18.9 Å². The highest BCUT2D eigenvalue weighted by Crippen LogP contribution is 2.30. The molecule has 14 nitrogen and oxygen atoms in total. The molecule has 2 aliphatic rings. The Kier molecular flexibility index (Phi) is 30.3. The Bertz CT molecular complexity index is 1300. The molecule has 2 saturated heterocycles. The summed E-state index contributed by atoms with van der Waals surface area (Å²) in [5, 5.41) is 86.3. The van der Waals surface area contributed by atoms with Crippen LogP contribution in [0.3, 0.4) is 0 Å². The zero-order chi connectivity index (χ0) is 44.7. The van der Waals surface area contributed by atoms with Gasteiger partial charge in [-0.15, -0.1) is 0 Å². The number of carbonyl (C=O) groups is 1. The quantitative estimate of drug-likeness (QED) is 0.0336. The first-order valence-electron chi connectivity index (χ1n) is 22.7. The van der Waals surface area contributed by atoms with E-state index < -0.39 is 86.8 Å². The molecule has 2 fully saturated rings. The summed E-state index contributed by atoms with van der Waals surface area (Å²) in [6.07, 6.45) is 23.9. The van der Waals surface area contributed by atoms with Gasteiger partial charge in [-0.05, 0) is 70.6 Å². The Balaban J connectivity index is 1.89. The van der Waals surface area contributed by atoms with E-state index in [1.807, 2.05) is 6.08 Å². The summed E-state index contributed by atoms with van der Waals surface area (Å²) in [6.45, 7) is 2.47. The standard InChI is InChI=1S/C47H79NO13/c1-3-5-7-9-11-13-15-16-17-18-19-20-21-23-25-27-29-31-39(52)48-35(36(51)30-28-26-24-22-14-12-10-8-6-4-2)34-58-46-44(57)42(55)45(38(33-50)60-46)61-47-43(56)41(54)40(53)37(32-49)59-47/h5-8,11,13-14,16-17,22,28,30,35-38,40-47,49-51,53-57H,3-4,9-10,12,15,18-21,23-27,29,31-34H2,1-2H3,(H,48,52)/b7-5-,8-6+,13-11-,17-16-,22-14+,30-28+. The summed E-state index contributed by atoms with van der Waals surface area (Å²) in [5.74, 6) is -0.272. The monoisotopic (exact) mass is 866 g/mol. The molecule has 2 heterocycles. The number of allylic oxidation sites excluding steroid dienone is 11. The predicted octanol–water partition coefficient (Wildman–Crippen LogP) is 4.48. The van der Waals surface area contributed by atoms with Crippen molar-refractivity contribution in [1.82, 2.24) is 5.32 Å². The van der Waals surface area contributed by atoms with Gasteiger partial charge in [-0.25, -0.2) is 0 Å². The molecule has 0 radical (unpaired) electrons. The maximum Gasteiger partial charge on any atom is 0.220 e. The lowest BCUT2D eigenvalue weighted by molar-refractivity contribution is -0.359. The third-order valence-electron chi connectivity index (χ3n) is 10.6. The average molecular weight is 866 g/mol. The minimum absolute atomic E-state index is 0.254. The summed E-state index contributed by atoms with van der Waals surface area (Å²) in [4.78, 5) is 13.1. The van der Waals surface area contributed by atoms with Crippen molar-refractivity contribution >= 4 is 5.91 Å². The van der Waals surface area contributed by atoms with Gasteiger partial charge in [0.05, 0.1) is 32.0 Å². The number of nitrogens with one attached hydrogen (secondary N) is 1. The Morgan fingerprint density at radius 3 is 1.74 bits per heavy atom.